The van der Waals surface area contributed by atoms with Crippen molar-refractivity contribution in [3.05, 3.63) is 24.3 Å². The summed E-state index contributed by atoms with van der Waals surface area (Å²) in [6.07, 6.45) is 2.42. The number of aliphatic imine (C=N–C) groups is 1. The van der Waals surface area contributed by atoms with Crippen LogP contribution in [-0.2, 0) is 14.8 Å². The minimum atomic E-state index is -3.30. The molecule has 1 rings (SSSR count). The van der Waals surface area contributed by atoms with Crippen LogP contribution in [0.15, 0.2) is 29.3 Å². The average molecular weight is 212 g/mol. The van der Waals surface area contributed by atoms with Crippen LogP contribution in [0.4, 0.5) is 11.4 Å². The van der Waals surface area contributed by atoms with Crippen LogP contribution >= 0.6 is 0 Å². The van der Waals surface area contributed by atoms with Gasteiger partial charge < -0.3 is 0 Å². The van der Waals surface area contributed by atoms with Crippen LogP contribution in [0.25, 0.3) is 0 Å². The monoisotopic (exact) mass is 212 g/mol. The van der Waals surface area contributed by atoms with E-state index in [4.69, 9.17) is 0 Å². The Bertz CT molecular complexity index is 475. The topological polar surface area (TPSA) is 75.6 Å². The van der Waals surface area contributed by atoms with E-state index in [-0.39, 0.29) is 0 Å². The fraction of sp³-hybridized carbons (Fsp3) is 0.125. The summed E-state index contributed by atoms with van der Waals surface area (Å²) in [6.45, 7) is 0. The highest BCUT2D eigenvalue weighted by atomic mass is 32.2. The number of hydrogen-bond acceptors (Lipinski definition) is 4. The molecule has 0 atom stereocenters. The van der Waals surface area contributed by atoms with Crippen molar-refractivity contribution in [1.82, 2.24) is 0 Å². The lowest BCUT2D eigenvalue weighted by Crippen LogP contribution is -2.09. The van der Waals surface area contributed by atoms with Crippen LogP contribution in [0.5, 0.6) is 0 Å². The Kier molecular flexibility index (Phi) is 3.01. The summed E-state index contributed by atoms with van der Waals surface area (Å²) >= 11 is 0. The lowest BCUT2D eigenvalue weighted by Gasteiger charge is -2.02. The van der Waals surface area contributed by atoms with Gasteiger partial charge in [-0.05, 0) is 18.2 Å². The zero-order chi connectivity index (χ0) is 10.6. The number of isocyanates is 1. The lowest BCUT2D eigenvalue weighted by atomic mass is 10.3. The number of nitrogens with one attached hydrogen (secondary N) is 1. The number of sulfonamides is 1. The zero-order valence-corrected chi connectivity index (χ0v) is 8.21. The second-order valence-corrected chi connectivity index (χ2v) is 4.38. The molecule has 0 fully saturated rings. The maximum atomic E-state index is 10.9. The van der Waals surface area contributed by atoms with E-state index in [1.54, 1.807) is 18.2 Å². The predicted octanol–water partition coefficient (Wildman–Crippen LogP) is 1.03. The van der Waals surface area contributed by atoms with Crippen molar-refractivity contribution >= 4 is 27.5 Å². The Morgan fingerprint density at radius 1 is 1.43 bits per heavy atom. The second kappa shape index (κ2) is 4.04. The normalized spacial score (nSPS) is 10.4. The van der Waals surface area contributed by atoms with Gasteiger partial charge in [-0.15, -0.1) is 0 Å². The van der Waals surface area contributed by atoms with E-state index in [1.807, 2.05) is 0 Å². The summed E-state index contributed by atoms with van der Waals surface area (Å²) in [6, 6.07) is 6.15. The molecular weight excluding hydrogens is 204 g/mol. The molecule has 5 nitrogen and oxygen atoms in total. The van der Waals surface area contributed by atoms with E-state index in [0.29, 0.717) is 11.4 Å². The van der Waals surface area contributed by atoms with Crippen molar-refractivity contribution in [2.45, 2.75) is 0 Å². The summed E-state index contributed by atoms with van der Waals surface area (Å²) in [5.74, 6) is 0. The maximum Gasteiger partial charge on any atom is 0.240 e. The highest BCUT2D eigenvalue weighted by Gasteiger charge is 2.01. The SMILES string of the molecule is CS(=O)(=O)Nc1cccc(N=C=O)c1. The van der Waals surface area contributed by atoms with E-state index in [0.717, 1.165) is 6.26 Å². The summed E-state index contributed by atoms with van der Waals surface area (Å²) in [4.78, 5) is 13.3. The molecule has 0 radical (unpaired) electrons. The van der Waals surface area contributed by atoms with Crippen molar-refractivity contribution in [2.75, 3.05) is 11.0 Å². The molecule has 0 amide bonds. The minimum absolute atomic E-state index is 0.355. The molecule has 0 saturated carbocycles. The van der Waals surface area contributed by atoms with Gasteiger partial charge >= 0.3 is 0 Å². The van der Waals surface area contributed by atoms with Crippen LogP contribution in [0, 0.1) is 0 Å². The molecule has 0 aliphatic rings. The third kappa shape index (κ3) is 3.38. The third-order valence-corrected chi connectivity index (χ3v) is 1.93. The number of rotatable bonds is 3. The Morgan fingerprint density at radius 2 is 2.14 bits per heavy atom. The Labute approximate surface area is 81.5 Å². The number of benzene rings is 1. The number of nitrogens with zero attached hydrogens (tertiary/aromatic N) is 1. The molecule has 0 bridgehead atoms. The lowest BCUT2D eigenvalue weighted by molar-refractivity contribution is 0.565. The molecule has 1 N–H and O–H groups in total. The fourth-order valence-corrected chi connectivity index (χ4v) is 1.46. The van der Waals surface area contributed by atoms with Crippen molar-refractivity contribution < 1.29 is 13.2 Å². The molecule has 0 unspecified atom stereocenters. The Morgan fingerprint density at radius 3 is 2.71 bits per heavy atom. The molecule has 1 aromatic carbocycles. The molecule has 0 aromatic heterocycles. The Balaban J connectivity index is 3.00. The van der Waals surface area contributed by atoms with Crippen molar-refractivity contribution in [3.63, 3.8) is 0 Å². The smallest absolute Gasteiger partial charge is 0.240 e. The number of anilines is 1. The highest BCUT2D eigenvalue weighted by Crippen LogP contribution is 2.17. The summed E-state index contributed by atoms with van der Waals surface area (Å²) in [7, 11) is -3.30. The largest absolute Gasteiger partial charge is 0.284 e. The van der Waals surface area contributed by atoms with Gasteiger partial charge in [0.25, 0.3) is 0 Å². The summed E-state index contributed by atoms with van der Waals surface area (Å²) in [5.41, 5.74) is 0.720. The highest BCUT2D eigenvalue weighted by molar-refractivity contribution is 7.92. The van der Waals surface area contributed by atoms with Crippen molar-refractivity contribution in [3.8, 4) is 0 Å². The van der Waals surface area contributed by atoms with Gasteiger partial charge in [0.05, 0.1) is 17.6 Å². The molecule has 6 heteroatoms. The predicted molar refractivity (Wildman–Crippen MR) is 52.7 cm³/mol. The quantitative estimate of drug-likeness (QED) is 0.600. The van der Waals surface area contributed by atoms with Crippen LogP contribution in [0.1, 0.15) is 0 Å². The molecule has 0 spiro atoms. The minimum Gasteiger partial charge on any atom is -0.284 e. The third-order valence-electron chi connectivity index (χ3n) is 1.32. The van der Waals surface area contributed by atoms with Gasteiger partial charge in [-0.2, -0.15) is 4.99 Å². The van der Waals surface area contributed by atoms with E-state index in [2.05, 4.69) is 9.71 Å². The van der Waals surface area contributed by atoms with E-state index >= 15 is 0 Å². The van der Waals surface area contributed by atoms with Gasteiger partial charge in [-0.1, -0.05) is 6.07 Å². The molecule has 0 saturated heterocycles. The second-order valence-electron chi connectivity index (χ2n) is 2.63. The molecule has 0 heterocycles. The van der Waals surface area contributed by atoms with Gasteiger partial charge in [0.15, 0.2) is 0 Å². The number of carbonyl (C=O) groups excluding carboxylic acids is 1. The van der Waals surface area contributed by atoms with Crippen LogP contribution < -0.4 is 4.72 Å². The molecule has 1 aromatic rings. The van der Waals surface area contributed by atoms with E-state index in [1.165, 1.54) is 12.1 Å². The fourth-order valence-electron chi connectivity index (χ4n) is 0.906. The van der Waals surface area contributed by atoms with E-state index < -0.39 is 10.0 Å². The summed E-state index contributed by atoms with van der Waals surface area (Å²) in [5, 5.41) is 0. The van der Waals surface area contributed by atoms with Crippen LogP contribution in [0.2, 0.25) is 0 Å². The first-order valence-corrected chi connectivity index (χ1v) is 5.56. The average Bonchev–Trinajstić information content (AvgIpc) is 2.02. The molecular formula is C8H8N2O3S. The van der Waals surface area contributed by atoms with Gasteiger partial charge in [-0.25, -0.2) is 13.2 Å². The molecule has 14 heavy (non-hydrogen) atoms. The molecule has 0 aliphatic heterocycles. The molecule has 74 valence electrons. The van der Waals surface area contributed by atoms with Gasteiger partial charge in [0.1, 0.15) is 0 Å². The van der Waals surface area contributed by atoms with Crippen molar-refractivity contribution in [2.24, 2.45) is 4.99 Å². The molecule has 0 aliphatic carbocycles. The first kappa shape index (κ1) is 10.4. The Hall–Kier alpha value is -1.65. The summed E-state index contributed by atoms with van der Waals surface area (Å²) < 4.78 is 24.0. The standard InChI is InChI=1S/C8H8N2O3S/c1-14(12,13)10-8-4-2-3-7(5-8)9-6-11/h2-5,10H,1H3. The first-order chi connectivity index (χ1) is 6.51. The zero-order valence-electron chi connectivity index (χ0n) is 7.39. The first-order valence-electron chi connectivity index (χ1n) is 3.67. The van der Waals surface area contributed by atoms with Gasteiger partial charge in [0, 0.05) is 0 Å². The van der Waals surface area contributed by atoms with Gasteiger partial charge in [-0.3, -0.25) is 4.72 Å². The van der Waals surface area contributed by atoms with Crippen LogP contribution in [-0.4, -0.2) is 20.8 Å². The van der Waals surface area contributed by atoms with Crippen LogP contribution in [0.3, 0.4) is 0 Å². The van der Waals surface area contributed by atoms with E-state index in [9.17, 15) is 13.2 Å². The van der Waals surface area contributed by atoms with Gasteiger partial charge in [0.2, 0.25) is 16.1 Å². The maximum absolute atomic E-state index is 10.9. The van der Waals surface area contributed by atoms with Crippen molar-refractivity contribution in [1.29, 1.82) is 0 Å². The number of hydrogen-bond donors (Lipinski definition) is 1.